The zero-order valence-corrected chi connectivity index (χ0v) is 14.6. The first-order valence-corrected chi connectivity index (χ1v) is 8.63. The average molecular weight is 356 g/mol. The number of hydrogen-bond acceptors (Lipinski definition) is 3. The van der Waals surface area contributed by atoms with Gasteiger partial charge in [0.2, 0.25) is 5.95 Å². The van der Waals surface area contributed by atoms with Gasteiger partial charge in [-0.15, -0.1) is 0 Å². The van der Waals surface area contributed by atoms with E-state index in [0.29, 0.717) is 13.1 Å². The molecule has 0 spiro atoms. The van der Waals surface area contributed by atoms with Gasteiger partial charge in [0.15, 0.2) is 5.82 Å². The Kier molecular flexibility index (Phi) is 4.34. The predicted molar refractivity (Wildman–Crippen MR) is 97.3 cm³/mol. The molecule has 0 unspecified atom stereocenters. The van der Waals surface area contributed by atoms with Crippen LogP contribution in [0.25, 0.3) is 10.9 Å². The Morgan fingerprint density at radius 3 is 2.69 bits per heavy atom. The molecule has 1 aliphatic heterocycles. The van der Waals surface area contributed by atoms with E-state index in [9.17, 15) is 9.18 Å². The number of para-hydroxylation sites is 1. The molecule has 4 rings (SSSR count). The van der Waals surface area contributed by atoms with E-state index in [2.05, 4.69) is 38.5 Å². The van der Waals surface area contributed by atoms with Crippen molar-refractivity contribution in [2.75, 3.05) is 31.5 Å². The molecule has 0 saturated carbocycles. The van der Waals surface area contributed by atoms with E-state index in [1.165, 1.54) is 24.2 Å². The summed E-state index contributed by atoms with van der Waals surface area (Å²) in [6.07, 6.45) is 0. The minimum absolute atomic E-state index is 0.232. The molecule has 8 heteroatoms. The highest BCUT2D eigenvalue weighted by atomic mass is 19.1. The number of carbonyl (C=O) groups is 1. The van der Waals surface area contributed by atoms with Gasteiger partial charge in [-0.25, -0.2) is 9.48 Å². The first kappa shape index (κ1) is 16.6. The van der Waals surface area contributed by atoms with Crippen molar-refractivity contribution in [3.8, 4) is 0 Å². The van der Waals surface area contributed by atoms with Crippen LogP contribution in [0.1, 0.15) is 5.69 Å². The number of anilines is 1. The fourth-order valence-corrected chi connectivity index (χ4v) is 3.26. The summed E-state index contributed by atoms with van der Waals surface area (Å²) in [6, 6.07) is 11.4. The second-order valence-electron chi connectivity index (χ2n) is 6.55. The number of hydrogen-bond donors (Lipinski definition) is 2. The van der Waals surface area contributed by atoms with Crippen LogP contribution >= 0.6 is 0 Å². The summed E-state index contributed by atoms with van der Waals surface area (Å²) in [6.45, 7) is 3.66. The van der Waals surface area contributed by atoms with Crippen molar-refractivity contribution in [3.05, 3.63) is 48.0 Å². The summed E-state index contributed by atoms with van der Waals surface area (Å²) in [4.78, 5) is 19.8. The molecule has 1 aliphatic rings. The van der Waals surface area contributed by atoms with E-state index in [1.807, 2.05) is 12.1 Å². The Hall–Kier alpha value is -2.87. The van der Waals surface area contributed by atoms with Crippen LogP contribution in [0.3, 0.4) is 0 Å². The molecule has 1 aromatic carbocycles. The minimum atomic E-state index is -0.483. The number of piperazine rings is 1. The number of H-pyrrole nitrogens is 1. The van der Waals surface area contributed by atoms with Gasteiger partial charge in [0.25, 0.3) is 0 Å². The Morgan fingerprint density at radius 2 is 2.00 bits per heavy atom. The maximum atomic E-state index is 13.3. The molecule has 26 heavy (non-hydrogen) atoms. The average Bonchev–Trinajstić information content (AvgIpc) is 3.17. The fraction of sp³-hybridized carbons (Fsp3) is 0.333. The van der Waals surface area contributed by atoms with Crippen molar-refractivity contribution in [1.29, 1.82) is 0 Å². The quantitative estimate of drug-likeness (QED) is 0.757. The smallest absolute Gasteiger partial charge is 0.323 e. The van der Waals surface area contributed by atoms with Gasteiger partial charge in [-0.05, 0) is 17.5 Å². The SMILES string of the molecule is Cn1nc(NC(=O)N2CCN(Cc3cc4ccccc4[nH]3)CC2)cc1F. The first-order valence-electron chi connectivity index (χ1n) is 8.63. The molecule has 0 atom stereocenters. The summed E-state index contributed by atoms with van der Waals surface area (Å²) in [5.74, 6) is -0.251. The zero-order valence-electron chi connectivity index (χ0n) is 14.6. The summed E-state index contributed by atoms with van der Waals surface area (Å²) >= 11 is 0. The van der Waals surface area contributed by atoms with E-state index in [0.717, 1.165) is 29.8 Å². The number of fused-ring (bicyclic) bond motifs is 1. The Bertz CT molecular complexity index is 872. The van der Waals surface area contributed by atoms with Crippen LogP contribution < -0.4 is 5.32 Å². The molecule has 0 aliphatic carbocycles. The third-order valence-electron chi connectivity index (χ3n) is 4.70. The molecular formula is C18H21FN6O. The third-order valence-corrected chi connectivity index (χ3v) is 4.70. The van der Waals surface area contributed by atoms with Gasteiger partial charge in [0, 0.05) is 57.0 Å². The van der Waals surface area contributed by atoms with E-state index in [-0.39, 0.29) is 11.8 Å². The topological polar surface area (TPSA) is 69.2 Å². The Labute approximate surface area is 150 Å². The van der Waals surface area contributed by atoms with Gasteiger partial charge < -0.3 is 9.88 Å². The normalized spacial score (nSPS) is 15.5. The number of rotatable bonds is 3. The second kappa shape index (κ2) is 6.80. The zero-order chi connectivity index (χ0) is 18.1. The predicted octanol–water partition coefficient (Wildman–Crippen LogP) is 2.39. The molecule has 3 heterocycles. The van der Waals surface area contributed by atoms with E-state index in [1.54, 1.807) is 4.90 Å². The maximum absolute atomic E-state index is 13.3. The lowest BCUT2D eigenvalue weighted by Crippen LogP contribution is -2.49. The van der Waals surface area contributed by atoms with E-state index >= 15 is 0 Å². The summed E-state index contributed by atoms with van der Waals surface area (Å²) in [5.41, 5.74) is 2.32. The highest BCUT2D eigenvalue weighted by Gasteiger charge is 2.22. The van der Waals surface area contributed by atoms with Crippen LogP contribution in [0.2, 0.25) is 0 Å². The lowest BCUT2D eigenvalue weighted by molar-refractivity contribution is 0.142. The molecular weight excluding hydrogens is 335 g/mol. The standard InChI is InChI=1S/C18H21FN6O/c1-23-16(19)11-17(22-23)21-18(26)25-8-6-24(7-9-25)12-14-10-13-4-2-3-5-15(13)20-14/h2-5,10-11,20H,6-9,12H2,1H3,(H,21,22,26). The molecule has 3 aromatic rings. The van der Waals surface area contributed by atoms with E-state index < -0.39 is 5.95 Å². The molecule has 136 valence electrons. The van der Waals surface area contributed by atoms with E-state index in [4.69, 9.17) is 0 Å². The highest BCUT2D eigenvalue weighted by molar-refractivity contribution is 5.88. The number of carbonyl (C=O) groups excluding carboxylic acids is 1. The lowest BCUT2D eigenvalue weighted by atomic mass is 10.2. The van der Waals surface area contributed by atoms with Crippen LogP contribution in [-0.4, -0.2) is 56.8 Å². The molecule has 1 fully saturated rings. The number of halogens is 1. The Morgan fingerprint density at radius 1 is 1.23 bits per heavy atom. The van der Waals surface area contributed by atoms with Crippen molar-refractivity contribution < 1.29 is 9.18 Å². The number of nitrogens with one attached hydrogen (secondary N) is 2. The van der Waals surface area contributed by atoms with Crippen molar-refractivity contribution in [1.82, 2.24) is 24.6 Å². The van der Waals surface area contributed by atoms with Crippen molar-refractivity contribution in [3.63, 3.8) is 0 Å². The van der Waals surface area contributed by atoms with Gasteiger partial charge in [-0.1, -0.05) is 18.2 Å². The summed E-state index contributed by atoms with van der Waals surface area (Å²) < 4.78 is 14.4. The maximum Gasteiger partial charge on any atom is 0.323 e. The number of nitrogens with zero attached hydrogens (tertiary/aromatic N) is 4. The molecule has 2 N–H and O–H groups in total. The number of aryl methyl sites for hydroxylation is 1. The highest BCUT2D eigenvalue weighted by Crippen LogP contribution is 2.17. The largest absolute Gasteiger partial charge is 0.357 e. The monoisotopic (exact) mass is 356 g/mol. The van der Waals surface area contributed by atoms with Crippen LogP contribution in [-0.2, 0) is 13.6 Å². The van der Waals surface area contributed by atoms with Crippen molar-refractivity contribution in [2.24, 2.45) is 7.05 Å². The van der Waals surface area contributed by atoms with Crippen LogP contribution in [0, 0.1) is 5.95 Å². The molecule has 2 aromatic heterocycles. The van der Waals surface area contributed by atoms with Crippen molar-refractivity contribution >= 4 is 22.8 Å². The number of urea groups is 1. The molecule has 0 radical (unpaired) electrons. The van der Waals surface area contributed by atoms with Gasteiger partial charge in [-0.3, -0.25) is 10.2 Å². The van der Waals surface area contributed by atoms with Gasteiger partial charge in [0.05, 0.1) is 0 Å². The molecule has 7 nitrogen and oxygen atoms in total. The van der Waals surface area contributed by atoms with Crippen LogP contribution in [0.5, 0.6) is 0 Å². The number of amides is 2. The summed E-state index contributed by atoms with van der Waals surface area (Å²) in [5, 5.41) is 7.76. The molecule has 2 amide bonds. The number of benzene rings is 1. The molecule has 0 bridgehead atoms. The Balaban J connectivity index is 1.31. The van der Waals surface area contributed by atoms with Gasteiger partial charge in [0.1, 0.15) is 0 Å². The van der Waals surface area contributed by atoms with Gasteiger partial charge in [-0.2, -0.15) is 9.49 Å². The number of aromatic nitrogens is 3. The van der Waals surface area contributed by atoms with Crippen molar-refractivity contribution in [2.45, 2.75) is 6.54 Å². The van der Waals surface area contributed by atoms with Crippen LogP contribution in [0.15, 0.2) is 36.4 Å². The first-order chi connectivity index (χ1) is 12.6. The minimum Gasteiger partial charge on any atom is -0.357 e. The fourth-order valence-electron chi connectivity index (χ4n) is 3.26. The molecule has 1 saturated heterocycles. The number of aromatic amines is 1. The van der Waals surface area contributed by atoms with Crippen LogP contribution in [0.4, 0.5) is 15.0 Å². The van der Waals surface area contributed by atoms with Gasteiger partial charge >= 0.3 is 6.03 Å². The summed E-state index contributed by atoms with van der Waals surface area (Å²) in [7, 11) is 1.49. The second-order valence-corrected chi connectivity index (χ2v) is 6.55. The third kappa shape index (κ3) is 3.41. The lowest BCUT2D eigenvalue weighted by Gasteiger charge is -2.34.